The second-order valence-electron chi connectivity index (χ2n) is 2.36. The van der Waals surface area contributed by atoms with Crippen molar-refractivity contribution in [3.05, 3.63) is 11.6 Å². The van der Waals surface area contributed by atoms with Gasteiger partial charge in [0.15, 0.2) is 0 Å². The minimum Gasteiger partial charge on any atom is -0.496 e. The third-order valence-electron chi connectivity index (χ3n) is 1.35. The monoisotopic (exact) mass is 132 g/mol. The van der Waals surface area contributed by atoms with Crippen LogP contribution in [0.3, 0.4) is 0 Å². The van der Waals surface area contributed by atoms with Gasteiger partial charge in [-0.05, 0) is 6.42 Å². The van der Waals surface area contributed by atoms with Crippen molar-refractivity contribution >= 4 is 0 Å². The number of ether oxygens (including phenoxy) is 1. The maximum atomic E-state index is 5.30. The number of hydrogen-bond donors (Lipinski definition) is 0. The molecule has 10 heavy (non-hydrogen) atoms. The summed E-state index contributed by atoms with van der Waals surface area (Å²) in [5, 5.41) is 0. The Balaban J connectivity index is 0.000000810. The summed E-state index contributed by atoms with van der Waals surface area (Å²) in [6.07, 6.45) is 6.59. The van der Waals surface area contributed by atoms with Crippen LogP contribution in [0.5, 0.6) is 0 Å². The summed E-state index contributed by atoms with van der Waals surface area (Å²) in [6.45, 7) is 3.92. The molecule has 0 saturated carbocycles. The minimum atomic E-state index is 0. The summed E-state index contributed by atoms with van der Waals surface area (Å²) in [6, 6.07) is 0. The molecule has 0 heterocycles. The third-order valence-corrected chi connectivity index (χ3v) is 1.35. The van der Waals surface area contributed by atoms with Gasteiger partial charge in [0.25, 0.3) is 0 Å². The molecule has 0 radical (unpaired) electrons. The smallest absolute Gasteiger partial charge is 0.496 e. The molecule has 0 spiro atoms. The second-order valence-corrected chi connectivity index (χ2v) is 2.36. The van der Waals surface area contributed by atoms with Gasteiger partial charge >= 0.3 is 18.9 Å². The quantitative estimate of drug-likeness (QED) is 0.263. The molecule has 0 aromatic heterocycles. The van der Waals surface area contributed by atoms with Crippen molar-refractivity contribution in [1.29, 1.82) is 0 Å². The Labute approximate surface area is 75.0 Å². The normalized spacial score (nSPS) is 13.9. The van der Waals surface area contributed by atoms with Crippen LogP contribution in [0.4, 0.5) is 0 Å². The molecule has 1 nitrogen and oxygen atoms in total. The maximum Gasteiger partial charge on any atom is 1.00 e. The van der Waals surface area contributed by atoms with Gasteiger partial charge in [0.1, 0.15) is 0 Å². The van der Waals surface area contributed by atoms with E-state index >= 15 is 0 Å². The molecule has 52 valence electrons. The van der Waals surface area contributed by atoms with Crippen LogP contribution in [-0.4, -0.2) is 13.2 Å². The largest absolute Gasteiger partial charge is 1.00 e. The van der Waals surface area contributed by atoms with Crippen molar-refractivity contribution < 1.29 is 23.6 Å². The Morgan fingerprint density at radius 1 is 1.60 bits per heavy atom. The van der Waals surface area contributed by atoms with E-state index in [1.165, 1.54) is 18.4 Å². The van der Waals surface area contributed by atoms with E-state index in [9.17, 15) is 0 Å². The van der Waals surface area contributed by atoms with Gasteiger partial charge in [-0.25, -0.2) is 0 Å². The standard InChI is InChI=1S/C8H13O.Li/c1-2-3-6-9-7-8-4-5-8;/h2-4,6-7H2,1H3;/q-1;+1. The number of allylic oxidation sites excluding steroid dienone is 1. The van der Waals surface area contributed by atoms with E-state index in [0.717, 1.165) is 19.6 Å². The molecule has 0 fully saturated rings. The molecule has 2 heteroatoms. The van der Waals surface area contributed by atoms with Crippen LogP contribution in [0.15, 0.2) is 5.57 Å². The van der Waals surface area contributed by atoms with Crippen LogP contribution in [0.1, 0.15) is 26.2 Å². The number of hydrogen-bond acceptors (Lipinski definition) is 1. The van der Waals surface area contributed by atoms with E-state index in [1.54, 1.807) is 0 Å². The summed E-state index contributed by atoms with van der Waals surface area (Å²) in [4.78, 5) is 0. The Hall–Kier alpha value is 0.297. The fourth-order valence-corrected chi connectivity index (χ4v) is 0.606. The molecule has 1 rings (SSSR count). The topological polar surface area (TPSA) is 9.23 Å². The van der Waals surface area contributed by atoms with Gasteiger partial charge < -0.3 is 10.8 Å². The van der Waals surface area contributed by atoms with Crippen molar-refractivity contribution in [3.63, 3.8) is 0 Å². The van der Waals surface area contributed by atoms with Gasteiger partial charge in [0, 0.05) is 13.2 Å². The summed E-state index contributed by atoms with van der Waals surface area (Å²) in [7, 11) is 0. The first-order valence-electron chi connectivity index (χ1n) is 3.60. The first-order chi connectivity index (χ1) is 4.43. The zero-order valence-corrected chi connectivity index (χ0v) is 6.94. The summed E-state index contributed by atoms with van der Waals surface area (Å²) < 4.78 is 5.30. The van der Waals surface area contributed by atoms with E-state index in [1.807, 2.05) is 0 Å². The van der Waals surface area contributed by atoms with Crippen molar-refractivity contribution in [2.24, 2.45) is 0 Å². The van der Waals surface area contributed by atoms with Crippen molar-refractivity contribution in [2.45, 2.75) is 26.2 Å². The third kappa shape index (κ3) is 5.11. The van der Waals surface area contributed by atoms with Crippen LogP contribution in [0.2, 0.25) is 0 Å². The molecular formula is C8H13LiO. The van der Waals surface area contributed by atoms with Crippen LogP contribution >= 0.6 is 0 Å². The average molecular weight is 132 g/mol. The molecule has 0 saturated heterocycles. The zero-order chi connectivity index (χ0) is 6.53. The van der Waals surface area contributed by atoms with E-state index in [4.69, 9.17) is 4.74 Å². The van der Waals surface area contributed by atoms with Gasteiger partial charge in [0.2, 0.25) is 0 Å². The molecule has 1 aliphatic carbocycles. The summed E-state index contributed by atoms with van der Waals surface area (Å²) >= 11 is 0. The predicted octanol–water partition coefficient (Wildman–Crippen LogP) is -1.06. The van der Waals surface area contributed by atoms with E-state index in [0.29, 0.717) is 0 Å². The first kappa shape index (κ1) is 10.3. The Morgan fingerprint density at radius 3 is 2.80 bits per heavy atom. The van der Waals surface area contributed by atoms with E-state index in [2.05, 4.69) is 13.0 Å². The predicted molar refractivity (Wildman–Crippen MR) is 37.1 cm³/mol. The molecule has 0 aromatic rings. The molecule has 0 atom stereocenters. The van der Waals surface area contributed by atoms with Crippen LogP contribution in [0.25, 0.3) is 0 Å². The molecule has 1 aliphatic rings. The van der Waals surface area contributed by atoms with Crippen molar-refractivity contribution in [1.82, 2.24) is 0 Å². The number of rotatable bonds is 5. The second kappa shape index (κ2) is 6.04. The zero-order valence-electron chi connectivity index (χ0n) is 6.94. The Bertz CT molecular complexity index is 110. The fourth-order valence-electron chi connectivity index (χ4n) is 0.606. The van der Waals surface area contributed by atoms with Gasteiger partial charge in [-0.1, -0.05) is 13.3 Å². The summed E-state index contributed by atoms with van der Waals surface area (Å²) in [5.74, 6) is 0. The molecule has 0 N–H and O–H groups in total. The van der Waals surface area contributed by atoms with Gasteiger partial charge in [-0.2, -0.15) is 6.42 Å². The first-order valence-corrected chi connectivity index (χ1v) is 3.60. The van der Waals surface area contributed by atoms with Crippen LogP contribution in [-0.2, 0) is 4.74 Å². The van der Waals surface area contributed by atoms with Crippen molar-refractivity contribution in [3.8, 4) is 0 Å². The average Bonchev–Trinajstić information content (AvgIpc) is 2.63. The molecule has 0 amide bonds. The van der Waals surface area contributed by atoms with Crippen LogP contribution in [0, 0.1) is 6.08 Å². The molecule has 0 bridgehead atoms. The van der Waals surface area contributed by atoms with Gasteiger partial charge in [-0.3, -0.25) is 5.57 Å². The van der Waals surface area contributed by atoms with Crippen LogP contribution < -0.4 is 18.9 Å². The molecule has 0 aromatic carbocycles. The minimum absolute atomic E-state index is 0. The SMILES string of the molecule is CCCCOCC1=[C-]C1.[Li+]. The number of unbranched alkanes of at least 4 members (excludes halogenated alkanes) is 1. The van der Waals surface area contributed by atoms with Crippen molar-refractivity contribution in [2.75, 3.05) is 13.2 Å². The fraction of sp³-hybridized carbons (Fsp3) is 0.750. The Kier molecular flexibility index (Phi) is 6.22. The van der Waals surface area contributed by atoms with E-state index < -0.39 is 0 Å². The summed E-state index contributed by atoms with van der Waals surface area (Å²) in [5.41, 5.74) is 1.35. The van der Waals surface area contributed by atoms with E-state index in [-0.39, 0.29) is 18.9 Å². The maximum absolute atomic E-state index is 5.30. The molecule has 0 unspecified atom stereocenters. The van der Waals surface area contributed by atoms with Gasteiger partial charge in [0.05, 0.1) is 0 Å². The van der Waals surface area contributed by atoms with Gasteiger partial charge in [-0.15, -0.1) is 0 Å². The molecular weight excluding hydrogens is 119 g/mol. The molecule has 0 aliphatic heterocycles. The Morgan fingerprint density at radius 2 is 2.30 bits per heavy atom.